The van der Waals surface area contributed by atoms with Crippen molar-refractivity contribution >= 4 is 0 Å². The zero-order chi connectivity index (χ0) is 13.8. The van der Waals surface area contributed by atoms with Crippen molar-refractivity contribution in [1.29, 1.82) is 0 Å². The van der Waals surface area contributed by atoms with Crippen molar-refractivity contribution in [2.75, 3.05) is 0 Å². The predicted octanol–water partition coefficient (Wildman–Crippen LogP) is 2.89. The van der Waals surface area contributed by atoms with Gasteiger partial charge in [-0.1, -0.05) is 38.1 Å². The molecule has 0 radical (unpaired) electrons. The molecule has 1 atom stereocenters. The highest BCUT2D eigenvalue weighted by Crippen LogP contribution is 2.19. The lowest BCUT2D eigenvalue weighted by Gasteiger charge is -2.12. The summed E-state index contributed by atoms with van der Waals surface area (Å²) in [6.07, 6.45) is 4.79. The summed E-state index contributed by atoms with van der Waals surface area (Å²) in [7, 11) is 1.95. The number of aliphatic hydroxyl groups is 1. The quantitative estimate of drug-likeness (QED) is 0.895. The van der Waals surface area contributed by atoms with Crippen molar-refractivity contribution < 1.29 is 5.11 Å². The van der Waals surface area contributed by atoms with Gasteiger partial charge in [-0.15, -0.1) is 0 Å². The molecule has 1 unspecified atom stereocenters. The lowest BCUT2D eigenvalue weighted by molar-refractivity contribution is 0.175. The first-order valence-corrected chi connectivity index (χ1v) is 6.79. The first-order chi connectivity index (χ1) is 9.06. The second-order valence-electron chi connectivity index (χ2n) is 5.51. The molecule has 0 spiro atoms. The average molecular weight is 258 g/mol. The van der Waals surface area contributed by atoms with Crippen LogP contribution >= 0.6 is 0 Å². The monoisotopic (exact) mass is 258 g/mol. The number of rotatable bonds is 5. The summed E-state index contributed by atoms with van der Waals surface area (Å²) < 4.78 is 1.94. The molecule has 1 heterocycles. The summed E-state index contributed by atoms with van der Waals surface area (Å²) in [5.74, 6) is 1.56. The van der Waals surface area contributed by atoms with Gasteiger partial charge in [0.1, 0.15) is 5.82 Å². The SMILES string of the molecule is CC(C)Cc1ccc(C(O)Cc2nccn2C)cc1. The van der Waals surface area contributed by atoms with E-state index >= 15 is 0 Å². The molecule has 0 amide bonds. The molecule has 3 nitrogen and oxygen atoms in total. The second kappa shape index (κ2) is 6.02. The van der Waals surface area contributed by atoms with E-state index in [2.05, 4.69) is 31.0 Å². The first-order valence-electron chi connectivity index (χ1n) is 6.79. The van der Waals surface area contributed by atoms with Gasteiger partial charge in [-0.3, -0.25) is 0 Å². The van der Waals surface area contributed by atoms with Gasteiger partial charge < -0.3 is 9.67 Å². The summed E-state index contributed by atoms with van der Waals surface area (Å²) >= 11 is 0. The van der Waals surface area contributed by atoms with Crippen LogP contribution in [0, 0.1) is 5.92 Å². The van der Waals surface area contributed by atoms with Crippen LogP contribution in [-0.4, -0.2) is 14.7 Å². The lowest BCUT2D eigenvalue weighted by Crippen LogP contribution is -2.07. The van der Waals surface area contributed by atoms with Crippen LogP contribution in [-0.2, 0) is 19.9 Å². The van der Waals surface area contributed by atoms with Gasteiger partial charge in [0.25, 0.3) is 0 Å². The third kappa shape index (κ3) is 3.67. The maximum atomic E-state index is 10.2. The Morgan fingerprint density at radius 1 is 1.16 bits per heavy atom. The Morgan fingerprint density at radius 3 is 2.37 bits per heavy atom. The lowest BCUT2D eigenvalue weighted by atomic mass is 9.99. The molecule has 0 aliphatic carbocycles. The number of aryl methyl sites for hydroxylation is 1. The summed E-state index contributed by atoms with van der Waals surface area (Å²) in [5.41, 5.74) is 2.28. The Morgan fingerprint density at radius 2 is 1.84 bits per heavy atom. The van der Waals surface area contributed by atoms with Crippen molar-refractivity contribution in [3.05, 3.63) is 53.6 Å². The smallest absolute Gasteiger partial charge is 0.111 e. The topological polar surface area (TPSA) is 38.1 Å². The number of hydrogen-bond acceptors (Lipinski definition) is 2. The number of hydrogen-bond donors (Lipinski definition) is 1. The Labute approximate surface area is 114 Å². The molecular weight excluding hydrogens is 236 g/mol. The molecule has 3 heteroatoms. The Balaban J connectivity index is 2.03. The minimum atomic E-state index is -0.491. The zero-order valence-electron chi connectivity index (χ0n) is 11.9. The van der Waals surface area contributed by atoms with Crippen molar-refractivity contribution in [2.24, 2.45) is 13.0 Å². The third-order valence-electron chi connectivity index (χ3n) is 3.31. The van der Waals surface area contributed by atoms with Gasteiger partial charge in [-0.25, -0.2) is 4.98 Å². The fourth-order valence-electron chi connectivity index (χ4n) is 2.23. The summed E-state index contributed by atoms with van der Waals surface area (Å²) in [6, 6.07) is 8.25. The van der Waals surface area contributed by atoms with Gasteiger partial charge in [0, 0.05) is 25.9 Å². The number of imidazole rings is 1. The molecule has 102 valence electrons. The first kappa shape index (κ1) is 13.8. The molecule has 0 saturated carbocycles. The van der Waals surface area contributed by atoms with E-state index in [1.165, 1.54) is 5.56 Å². The van der Waals surface area contributed by atoms with Crippen LogP contribution in [0.2, 0.25) is 0 Å². The van der Waals surface area contributed by atoms with E-state index in [0.717, 1.165) is 17.8 Å². The maximum absolute atomic E-state index is 10.2. The number of aromatic nitrogens is 2. The molecule has 1 aromatic heterocycles. The highest BCUT2D eigenvalue weighted by Gasteiger charge is 2.11. The van der Waals surface area contributed by atoms with E-state index in [0.29, 0.717) is 12.3 Å². The minimum Gasteiger partial charge on any atom is -0.388 e. The Bertz CT molecular complexity index is 514. The Hall–Kier alpha value is -1.61. The minimum absolute atomic E-state index is 0.491. The van der Waals surface area contributed by atoms with Gasteiger partial charge in [-0.2, -0.15) is 0 Å². The number of nitrogens with zero attached hydrogens (tertiary/aromatic N) is 2. The van der Waals surface area contributed by atoms with Crippen LogP contribution in [0.4, 0.5) is 0 Å². The van der Waals surface area contributed by atoms with Crippen LogP contribution in [0.3, 0.4) is 0 Å². The standard InChI is InChI=1S/C16H22N2O/c1-12(2)10-13-4-6-14(7-5-13)15(19)11-16-17-8-9-18(16)3/h4-9,12,15,19H,10-11H2,1-3H3. The van der Waals surface area contributed by atoms with E-state index in [1.54, 1.807) is 6.20 Å². The molecule has 2 aromatic rings. The van der Waals surface area contributed by atoms with Gasteiger partial charge in [0.2, 0.25) is 0 Å². The number of benzene rings is 1. The van der Waals surface area contributed by atoms with Crippen LogP contribution in [0.25, 0.3) is 0 Å². The van der Waals surface area contributed by atoms with Gasteiger partial charge in [-0.05, 0) is 23.5 Å². The molecule has 0 aliphatic rings. The van der Waals surface area contributed by atoms with Crippen LogP contribution in [0.5, 0.6) is 0 Å². The average Bonchev–Trinajstić information content (AvgIpc) is 2.75. The second-order valence-corrected chi connectivity index (χ2v) is 5.51. The summed E-state index contributed by atoms with van der Waals surface area (Å²) in [4.78, 5) is 4.24. The highest BCUT2D eigenvalue weighted by atomic mass is 16.3. The van der Waals surface area contributed by atoms with E-state index in [4.69, 9.17) is 0 Å². The molecular formula is C16H22N2O. The molecule has 1 aromatic carbocycles. The van der Waals surface area contributed by atoms with Crippen LogP contribution in [0.15, 0.2) is 36.7 Å². The largest absolute Gasteiger partial charge is 0.388 e. The molecule has 0 aliphatic heterocycles. The van der Waals surface area contributed by atoms with Gasteiger partial charge in [0.05, 0.1) is 6.10 Å². The van der Waals surface area contributed by atoms with E-state index in [9.17, 15) is 5.11 Å². The molecule has 19 heavy (non-hydrogen) atoms. The van der Waals surface area contributed by atoms with Gasteiger partial charge in [0.15, 0.2) is 0 Å². The molecule has 0 saturated heterocycles. The van der Waals surface area contributed by atoms with Crippen LogP contribution < -0.4 is 0 Å². The van der Waals surface area contributed by atoms with E-state index in [1.807, 2.05) is 29.9 Å². The molecule has 0 bridgehead atoms. The Kier molecular flexibility index (Phi) is 4.38. The molecule has 2 rings (SSSR count). The van der Waals surface area contributed by atoms with Crippen molar-refractivity contribution in [3.63, 3.8) is 0 Å². The highest BCUT2D eigenvalue weighted by molar-refractivity contribution is 5.25. The van der Waals surface area contributed by atoms with Crippen molar-refractivity contribution in [1.82, 2.24) is 9.55 Å². The molecule has 0 fully saturated rings. The predicted molar refractivity (Wildman–Crippen MR) is 76.9 cm³/mol. The van der Waals surface area contributed by atoms with Crippen molar-refractivity contribution in [3.8, 4) is 0 Å². The zero-order valence-corrected chi connectivity index (χ0v) is 11.9. The van der Waals surface area contributed by atoms with Crippen LogP contribution in [0.1, 0.15) is 36.9 Å². The van der Waals surface area contributed by atoms with Crippen molar-refractivity contribution in [2.45, 2.75) is 32.8 Å². The van der Waals surface area contributed by atoms with E-state index < -0.39 is 6.10 Å². The summed E-state index contributed by atoms with van der Waals surface area (Å²) in [5, 5.41) is 10.2. The number of aliphatic hydroxyl groups excluding tert-OH is 1. The maximum Gasteiger partial charge on any atom is 0.111 e. The van der Waals surface area contributed by atoms with E-state index in [-0.39, 0.29) is 0 Å². The molecule has 1 N–H and O–H groups in total. The fraction of sp³-hybridized carbons (Fsp3) is 0.438. The van der Waals surface area contributed by atoms with Gasteiger partial charge >= 0.3 is 0 Å². The normalized spacial score (nSPS) is 12.9. The summed E-state index contributed by atoms with van der Waals surface area (Å²) in [6.45, 7) is 4.42. The fourth-order valence-corrected chi connectivity index (χ4v) is 2.23. The third-order valence-corrected chi connectivity index (χ3v) is 3.31.